The minimum Gasteiger partial charge on any atom is -0.479 e. The van der Waals surface area contributed by atoms with Crippen LogP contribution in [0, 0.1) is 0 Å². The molecule has 1 rings (SSSR count). The Bertz CT molecular complexity index is 206. The molecule has 1 aliphatic rings. The van der Waals surface area contributed by atoms with Crippen LogP contribution in [0.4, 0.5) is 0 Å². The Balaban J connectivity index is 2.61. The first kappa shape index (κ1) is 11.4. The summed E-state index contributed by atoms with van der Waals surface area (Å²) >= 11 is 0. The Morgan fingerprint density at radius 2 is 2.21 bits per heavy atom. The zero-order chi connectivity index (χ0) is 10.7. The van der Waals surface area contributed by atoms with E-state index >= 15 is 0 Å². The first-order valence-electron chi connectivity index (χ1n) is 4.42. The van der Waals surface area contributed by atoms with Crippen molar-refractivity contribution in [1.29, 1.82) is 0 Å². The van der Waals surface area contributed by atoms with E-state index in [0.29, 0.717) is 0 Å². The van der Waals surface area contributed by atoms with Crippen LogP contribution in [0.25, 0.3) is 0 Å². The van der Waals surface area contributed by atoms with Crippen LogP contribution in [0.1, 0.15) is 13.3 Å². The van der Waals surface area contributed by atoms with Crippen molar-refractivity contribution in [3.63, 3.8) is 0 Å². The van der Waals surface area contributed by atoms with E-state index < -0.39 is 30.6 Å². The van der Waals surface area contributed by atoms with Crippen molar-refractivity contribution in [2.24, 2.45) is 0 Å². The average Bonchev–Trinajstić information content (AvgIpc) is 2.12. The number of carboxylic acids is 1. The van der Waals surface area contributed by atoms with Gasteiger partial charge in [-0.25, -0.2) is 4.79 Å². The highest BCUT2D eigenvalue weighted by Gasteiger charge is 2.40. The highest BCUT2D eigenvalue weighted by molar-refractivity contribution is 5.72. The Hall–Kier alpha value is -0.690. The maximum atomic E-state index is 10.6. The molecule has 1 heterocycles. The summed E-state index contributed by atoms with van der Waals surface area (Å²) in [6.45, 7) is 1.97. The van der Waals surface area contributed by atoms with Crippen LogP contribution in [0.15, 0.2) is 0 Å². The summed E-state index contributed by atoms with van der Waals surface area (Å²) in [7, 11) is 0. The minimum absolute atomic E-state index is 0.125. The number of aliphatic hydroxyl groups excluding tert-OH is 2. The van der Waals surface area contributed by atoms with Gasteiger partial charge in [0.1, 0.15) is 6.10 Å². The van der Waals surface area contributed by atoms with Gasteiger partial charge in [0.25, 0.3) is 0 Å². The normalized spacial score (nSPS) is 38.2. The van der Waals surface area contributed by atoms with E-state index in [1.807, 2.05) is 0 Å². The molecule has 4 unspecified atom stereocenters. The monoisotopic (exact) mass is 206 g/mol. The van der Waals surface area contributed by atoms with Gasteiger partial charge in [0.05, 0.1) is 6.10 Å². The van der Waals surface area contributed by atoms with Crippen LogP contribution in [-0.4, -0.2) is 52.5 Å². The van der Waals surface area contributed by atoms with Gasteiger partial charge in [-0.2, -0.15) is 0 Å². The fourth-order valence-corrected chi connectivity index (χ4v) is 1.30. The molecule has 0 bridgehead atoms. The molecule has 14 heavy (non-hydrogen) atoms. The molecule has 4 atom stereocenters. The highest BCUT2D eigenvalue weighted by Crippen LogP contribution is 2.21. The first-order chi connectivity index (χ1) is 6.56. The van der Waals surface area contributed by atoms with Gasteiger partial charge in [-0.05, 0) is 6.92 Å². The summed E-state index contributed by atoms with van der Waals surface area (Å²) < 4.78 is 9.89. The zero-order valence-electron chi connectivity index (χ0n) is 7.79. The lowest BCUT2D eigenvalue weighted by molar-refractivity contribution is -0.264. The SMILES string of the molecule is CCOC1OC(C(=O)O)CC(O)C1O. The third-order valence-electron chi connectivity index (χ3n) is 2.03. The van der Waals surface area contributed by atoms with Gasteiger partial charge in [-0.15, -0.1) is 0 Å². The van der Waals surface area contributed by atoms with E-state index in [0.717, 1.165) is 0 Å². The number of aliphatic hydroxyl groups is 2. The minimum atomic E-state index is -1.19. The summed E-state index contributed by atoms with van der Waals surface area (Å²) in [5.41, 5.74) is 0. The third-order valence-corrected chi connectivity index (χ3v) is 2.03. The molecule has 1 fully saturated rings. The third kappa shape index (κ3) is 2.42. The predicted molar refractivity (Wildman–Crippen MR) is 44.6 cm³/mol. The molecule has 6 nitrogen and oxygen atoms in total. The largest absolute Gasteiger partial charge is 0.479 e. The maximum Gasteiger partial charge on any atom is 0.333 e. The second-order valence-electron chi connectivity index (χ2n) is 3.08. The standard InChI is InChI=1S/C8H14O6/c1-2-13-8-6(10)4(9)3-5(14-8)7(11)12/h4-6,8-10H,2-3H2,1H3,(H,11,12). The van der Waals surface area contributed by atoms with Crippen LogP contribution in [0.2, 0.25) is 0 Å². The van der Waals surface area contributed by atoms with Crippen LogP contribution < -0.4 is 0 Å². The van der Waals surface area contributed by atoms with Gasteiger partial charge in [0, 0.05) is 13.0 Å². The van der Waals surface area contributed by atoms with Gasteiger partial charge >= 0.3 is 5.97 Å². The molecule has 0 aromatic heterocycles. The van der Waals surface area contributed by atoms with Crippen molar-refractivity contribution in [1.82, 2.24) is 0 Å². The second-order valence-corrected chi connectivity index (χ2v) is 3.08. The molecule has 6 heteroatoms. The van der Waals surface area contributed by atoms with Crippen LogP contribution in [0.5, 0.6) is 0 Å². The molecule has 0 aliphatic carbocycles. The molecule has 0 spiro atoms. The quantitative estimate of drug-likeness (QED) is 0.545. The van der Waals surface area contributed by atoms with E-state index in [1.165, 1.54) is 0 Å². The average molecular weight is 206 g/mol. The van der Waals surface area contributed by atoms with Crippen molar-refractivity contribution in [2.75, 3.05) is 6.61 Å². The lowest BCUT2D eigenvalue weighted by Crippen LogP contribution is -2.51. The molecule has 1 saturated heterocycles. The second kappa shape index (κ2) is 4.70. The molecule has 0 saturated carbocycles. The Labute approximate surface area is 81.1 Å². The van der Waals surface area contributed by atoms with Gasteiger partial charge in [0.2, 0.25) is 0 Å². The Kier molecular flexibility index (Phi) is 3.82. The molecular weight excluding hydrogens is 192 g/mol. The lowest BCUT2D eigenvalue weighted by atomic mass is 10.0. The summed E-state index contributed by atoms with van der Waals surface area (Å²) in [5, 5.41) is 27.4. The molecule has 3 N–H and O–H groups in total. The van der Waals surface area contributed by atoms with Crippen molar-refractivity contribution < 1.29 is 29.6 Å². The van der Waals surface area contributed by atoms with E-state index in [-0.39, 0.29) is 13.0 Å². The number of ether oxygens (including phenoxy) is 2. The number of carboxylic acid groups (broad SMARTS) is 1. The summed E-state index contributed by atoms with van der Waals surface area (Å²) in [6.07, 6.45) is -4.62. The van der Waals surface area contributed by atoms with Crippen molar-refractivity contribution in [2.45, 2.75) is 37.9 Å². The smallest absolute Gasteiger partial charge is 0.333 e. The fraction of sp³-hybridized carbons (Fsp3) is 0.875. The Morgan fingerprint density at radius 3 is 2.71 bits per heavy atom. The van der Waals surface area contributed by atoms with Gasteiger partial charge in [-0.1, -0.05) is 0 Å². The molecule has 0 amide bonds. The maximum absolute atomic E-state index is 10.6. The highest BCUT2D eigenvalue weighted by atomic mass is 16.7. The Morgan fingerprint density at radius 1 is 1.57 bits per heavy atom. The first-order valence-corrected chi connectivity index (χ1v) is 4.42. The molecule has 0 radical (unpaired) electrons. The molecular formula is C8H14O6. The number of rotatable bonds is 3. The van der Waals surface area contributed by atoms with Crippen molar-refractivity contribution >= 4 is 5.97 Å². The van der Waals surface area contributed by atoms with E-state index in [9.17, 15) is 15.0 Å². The van der Waals surface area contributed by atoms with E-state index in [4.69, 9.17) is 14.6 Å². The van der Waals surface area contributed by atoms with Gasteiger partial charge < -0.3 is 24.8 Å². The number of hydrogen-bond donors (Lipinski definition) is 3. The fourth-order valence-electron chi connectivity index (χ4n) is 1.30. The van der Waals surface area contributed by atoms with Crippen molar-refractivity contribution in [3.05, 3.63) is 0 Å². The van der Waals surface area contributed by atoms with Crippen LogP contribution in [-0.2, 0) is 14.3 Å². The summed E-state index contributed by atoms with van der Waals surface area (Å²) in [4.78, 5) is 10.6. The van der Waals surface area contributed by atoms with Gasteiger partial charge in [-0.3, -0.25) is 0 Å². The summed E-state index contributed by atoms with van der Waals surface area (Å²) in [6, 6.07) is 0. The number of carbonyl (C=O) groups is 1. The molecule has 82 valence electrons. The molecule has 1 aliphatic heterocycles. The number of aliphatic carboxylic acids is 1. The summed E-state index contributed by atoms with van der Waals surface area (Å²) in [5.74, 6) is -1.17. The number of hydrogen-bond acceptors (Lipinski definition) is 5. The predicted octanol–water partition coefficient (Wildman–Crippen LogP) is -1.06. The van der Waals surface area contributed by atoms with Crippen molar-refractivity contribution in [3.8, 4) is 0 Å². The lowest BCUT2D eigenvalue weighted by Gasteiger charge is -2.34. The molecule has 0 aromatic rings. The van der Waals surface area contributed by atoms with Crippen LogP contribution >= 0.6 is 0 Å². The zero-order valence-corrected chi connectivity index (χ0v) is 7.79. The van der Waals surface area contributed by atoms with Crippen LogP contribution in [0.3, 0.4) is 0 Å². The van der Waals surface area contributed by atoms with E-state index in [2.05, 4.69) is 0 Å². The topological polar surface area (TPSA) is 96.2 Å². The van der Waals surface area contributed by atoms with E-state index in [1.54, 1.807) is 6.92 Å². The van der Waals surface area contributed by atoms with Gasteiger partial charge in [0.15, 0.2) is 12.4 Å². The molecule has 0 aromatic carbocycles.